The lowest BCUT2D eigenvalue weighted by Crippen LogP contribution is -2.71. The first-order valence-electron chi connectivity index (χ1n) is 11.5. The van der Waals surface area contributed by atoms with Gasteiger partial charge in [-0.1, -0.05) is 49.8 Å². The molecule has 0 bridgehead atoms. The normalized spacial score (nSPS) is 24.1. The van der Waals surface area contributed by atoms with E-state index in [4.69, 9.17) is 11.6 Å². The van der Waals surface area contributed by atoms with E-state index in [1.807, 2.05) is 6.92 Å². The minimum Gasteiger partial charge on any atom is -0.351 e. The lowest BCUT2D eigenvalue weighted by atomic mass is 9.91. The lowest BCUT2D eigenvalue weighted by Gasteiger charge is -2.47. The van der Waals surface area contributed by atoms with Crippen LogP contribution in [0.5, 0.6) is 0 Å². The summed E-state index contributed by atoms with van der Waals surface area (Å²) in [5.74, 6) is -0.891. The van der Waals surface area contributed by atoms with Crippen LogP contribution >= 0.6 is 11.6 Å². The van der Waals surface area contributed by atoms with Crippen molar-refractivity contribution in [2.24, 2.45) is 0 Å². The number of benzene rings is 1. The van der Waals surface area contributed by atoms with Crippen LogP contribution in [0.25, 0.3) is 0 Å². The predicted molar refractivity (Wildman–Crippen MR) is 127 cm³/mol. The molecule has 9 heteroatoms. The summed E-state index contributed by atoms with van der Waals surface area (Å²) in [5.41, 5.74) is -0.0686. The Morgan fingerprint density at radius 3 is 2.44 bits per heavy atom. The van der Waals surface area contributed by atoms with Crippen LogP contribution < -0.4 is 10.2 Å². The van der Waals surface area contributed by atoms with Gasteiger partial charge in [0, 0.05) is 23.3 Å². The predicted octanol–water partition coefficient (Wildman–Crippen LogP) is 3.63. The highest BCUT2D eigenvalue weighted by molar-refractivity contribution is 7.89. The molecule has 1 aliphatic carbocycles. The summed E-state index contributed by atoms with van der Waals surface area (Å²) < 4.78 is 26.4. The first kappa shape index (κ1) is 25.0. The van der Waals surface area contributed by atoms with Crippen molar-refractivity contribution in [1.82, 2.24) is 9.62 Å². The van der Waals surface area contributed by atoms with Crippen molar-refractivity contribution in [3.63, 3.8) is 0 Å². The molecule has 2 aliphatic rings. The van der Waals surface area contributed by atoms with E-state index in [9.17, 15) is 18.0 Å². The molecular formula is C23H34ClN3O4S. The second-order valence-corrected chi connectivity index (χ2v) is 11.8. The van der Waals surface area contributed by atoms with Gasteiger partial charge in [-0.05, 0) is 51.3 Å². The van der Waals surface area contributed by atoms with E-state index in [1.165, 1.54) is 11.3 Å². The van der Waals surface area contributed by atoms with Crippen molar-refractivity contribution in [2.45, 2.75) is 77.3 Å². The van der Waals surface area contributed by atoms with Crippen molar-refractivity contribution < 1.29 is 18.0 Å². The Labute approximate surface area is 196 Å². The van der Waals surface area contributed by atoms with E-state index in [0.29, 0.717) is 10.7 Å². The number of hydrogen-bond acceptors (Lipinski definition) is 4. The van der Waals surface area contributed by atoms with Crippen LogP contribution in [0.3, 0.4) is 0 Å². The zero-order valence-electron chi connectivity index (χ0n) is 19.2. The molecule has 7 nitrogen and oxygen atoms in total. The van der Waals surface area contributed by atoms with E-state index in [0.717, 1.165) is 48.4 Å². The number of hydrogen-bond donors (Lipinski definition) is 1. The van der Waals surface area contributed by atoms with Crippen molar-refractivity contribution in [2.75, 3.05) is 23.7 Å². The Kier molecular flexibility index (Phi) is 7.89. The average molecular weight is 484 g/mol. The van der Waals surface area contributed by atoms with Crippen LogP contribution in [0.15, 0.2) is 18.2 Å². The lowest BCUT2D eigenvalue weighted by molar-refractivity contribution is -0.133. The van der Waals surface area contributed by atoms with Crippen molar-refractivity contribution in [1.29, 1.82) is 0 Å². The first-order chi connectivity index (χ1) is 15.1. The summed E-state index contributed by atoms with van der Waals surface area (Å²) in [5, 5.41) is 3.60. The molecule has 1 N–H and O–H groups in total. The SMILES string of the molecule is CCS(=O)(=O)N1CC(=O)N(c2cc(Cl)ccc2C)[C@@](C)(C(=O)NC2CCCCCCC2)C1. The molecule has 0 radical (unpaired) electrons. The standard InChI is InChI=1S/C23H34ClN3O4S/c1-4-32(30,31)26-15-21(28)27(20-14-18(24)13-12-17(20)2)23(3,16-26)22(29)25-19-10-8-6-5-7-9-11-19/h12-14,19H,4-11,15-16H2,1-3H3,(H,25,29)/t23-/m1/s1. The minimum atomic E-state index is -3.65. The number of rotatable bonds is 5. The molecule has 0 spiro atoms. The highest BCUT2D eigenvalue weighted by Crippen LogP contribution is 2.35. The van der Waals surface area contributed by atoms with Crippen LogP contribution in [0.1, 0.15) is 64.4 Å². The summed E-state index contributed by atoms with van der Waals surface area (Å²) in [6.45, 7) is 4.65. The van der Waals surface area contributed by atoms with Gasteiger partial charge in [-0.2, -0.15) is 4.31 Å². The van der Waals surface area contributed by atoms with Gasteiger partial charge in [0.05, 0.1) is 12.3 Å². The van der Waals surface area contributed by atoms with Crippen LogP contribution in [0.2, 0.25) is 5.02 Å². The molecule has 1 aromatic carbocycles. The van der Waals surface area contributed by atoms with Crippen LogP contribution in [-0.4, -0.2) is 55.0 Å². The number of halogens is 1. The summed E-state index contributed by atoms with van der Waals surface area (Å²) >= 11 is 6.22. The number of piperazine rings is 1. The number of nitrogens with zero attached hydrogens (tertiary/aromatic N) is 2. The second-order valence-electron chi connectivity index (χ2n) is 9.12. The molecule has 0 unspecified atom stereocenters. The van der Waals surface area contributed by atoms with Gasteiger partial charge in [0.25, 0.3) is 0 Å². The molecule has 1 atom stereocenters. The highest BCUT2D eigenvalue weighted by Gasteiger charge is 2.51. The Hall–Kier alpha value is -1.64. The van der Waals surface area contributed by atoms with E-state index < -0.39 is 21.5 Å². The molecule has 0 aromatic heterocycles. The van der Waals surface area contributed by atoms with Crippen LogP contribution in [0, 0.1) is 6.92 Å². The Morgan fingerprint density at radius 1 is 1.19 bits per heavy atom. The molecule has 1 aliphatic heterocycles. The van der Waals surface area contributed by atoms with Crippen molar-refractivity contribution >= 4 is 39.1 Å². The molecule has 3 rings (SSSR count). The Balaban J connectivity index is 1.99. The summed E-state index contributed by atoms with van der Waals surface area (Å²) in [7, 11) is -3.65. The van der Waals surface area contributed by atoms with Gasteiger partial charge in [-0.25, -0.2) is 8.42 Å². The van der Waals surface area contributed by atoms with Gasteiger partial charge in [-0.3, -0.25) is 14.5 Å². The van der Waals surface area contributed by atoms with E-state index in [1.54, 1.807) is 32.0 Å². The third-order valence-corrected chi connectivity index (χ3v) is 8.65. The molecular weight excluding hydrogens is 450 g/mol. The van der Waals surface area contributed by atoms with Gasteiger partial charge < -0.3 is 5.32 Å². The number of amides is 2. The third kappa shape index (κ3) is 5.29. The molecule has 1 saturated heterocycles. The van der Waals surface area contributed by atoms with Crippen LogP contribution in [-0.2, 0) is 19.6 Å². The molecule has 2 fully saturated rings. The third-order valence-electron chi connectivity index (χ3n) is 6.64. The first-order valence-corrected chi connectivity index (χ1v) is 13.4. The highest BCUT2D eigenvalue weighted by atomic mass is 35.5. The summed E-state index contributed by atoms with van der Waals surface area (Å²) in [4.78, 5) is 28.5. The fourth-order valence-electron chi connectivity index (χ4n) is 4.68. The number of nitrogens with one attached hydrogen (secondary N) is 1. The maximum atomic E-state index is 13.7. The summed E-state index contributed by atoms with van der Waals surface area (Å²) in [6.07, 6.45) is 7.41. The number of carbonyl (C=O) groups is 2. The number of aryl methyl sites for hydroxylation is 1. The molecule has 32 heavy (non-hydrogen) atoms. The largest absolute Gasteiger partial charge is 0.351 e. The molecule has 2 amide bonds. The fourth-order valence-corrected chi connectivity index (χ4v) is 5.97. The van der Waals surface area contributed by atoms with Crippen molar-refractivity contribution in [3.8, 4) is 0 Å². The van der Waals surface area contributed by atoms with E-state index >= 15 is 0 Å². The van der Waals surface area contributed by atoms with E-state index in [-0.39, 0.29) is 30.8 Å². The smallest absolute Gasteiger partial charge is 0.247 e. The molecule has 1 aromatic rings. The zero-order valence-corrected chi connectivity index (χ0v) is 20.8. The maximum absolute atomic E-state index is 13.7. The van der Waals surface area contributed by atoms with Crippen LogP contribution in [0.4, 0.5) is 5.69 Å². The quantitative estimate of drug-likeness (QED) is 0.692. The Bertz CT molecular complexity index is 960. The fraction of sp³-hybridized carbons (Fsp3) is 0.652. The number of sulfonamides is 1. The monoisotopic (exact) mass is 483 g/mol. The minimum absolute atomic E-state index is 0.0233. The zero-order chi connectivity index (χ0) is 23.5. The number of carbonyl (C=O) groups excluding carboxylic acids is 2. The molecule has 178 valence electrons. The summed E-state index contributed by atoms with van der Waals surface area (Å²) in [6, 6.07) is 5.22. The van der Waals surface area contributed by atoms with Gasteiger partial charge in [0.2, 0.25) is 21.8 Å². The molecule has 1 heterocycles. The topological polar surface area (TPSA) is 86.8 Å². The maximum Gasteiger partial charge on any atom is 0.247 e. The second kappa shape index (κ2) is 10.1. The van der Waals surface area contributed by atoms with Gasteiger partial charge >= 0.3 is 0 Å². The van der Waals surface area contributed by atoms with Gasteiger partial charge in [0.15, 0.2) is 0 Å². The van der Waals surface area contributed by atoms with E-state index in [2.05, 4.69) is 5.32 Å². The van der Waals surface area contributed by atoms with Gasteiger partial charge in [0.1, 0.15) is 5.54 Å². The number of anilines is 1. The van der Waals surface area contributed by atoms with Gasteiger partial charge in [-0.15, -0.1) is 0 Å². The molecule has 1 saturated carbocycles. The average Bonchev–Trinajstić information content (AvgIpc) is 2.71. The van der Waals surface area contributed by atoms with Crippen molar-refractivity contribution in [3.05, 3.63) is 28.8 Å². The Morgan fingerprint density at radius 2 is 1.81 bits per heavy atom.